The Morgan fingerprint density at radius 2 is 1.79 bits per heavy atom. The molecular formula is C19H32O4Si. The standard InChI is InChI=1S/C19H32O4Si/c1-19(2,3)24(4,5)22-14-10-9-13-17(15-20)23-18(21)16-11-7-6-8-12-16/h6-8,11-12,17,20H,9-10,13-15H2,1-5H3. The Balaban J connectivity index is 2.31. The molecular weight excluding hydrogens is 320 g/mol. The lowest BCUT2D eigenvalue weighted by Gasteiger charge is -2.36. The molecule has 0 aliphatic rings. The Morgan fingerprint density at radius 3 is 2.33 bits per heavy atom. The molecule has 0 heterocycles. The smallest absolute Gasteiger partial charge is 0.338 e. The third-order valence-corrected chi connectivity index (χ3v) is 9.21. The number of carbonyl (C=O) groups is 1. The molecule has 136 valence electrons. The number of aliphatic hydroxyl groups is 1. The quantitative estimate of drug-likeness (QED) is 0.407. The van der Waals surface area contributed by atoms with E-state index in [1.165, 1.54) is 0 Å². The first kappa shape index (κ1) is 20.9. The second-order valence-electron chi connectivity index (χ2n) is 7.68. The van der Waals surface area contributed by atoms with Crippen LogP contribution in [0.1, 0.15) is 50.4 Å². The Morgan fingerprint density at radius 1 is 1.17 bits per heavy atom. The molecule has 1 N–H and O–H groups in total. The summed E-state index contributed by atoms with van der Waals surface area (Å²) in [6.45, 7) is 11.7. The Hall–Kier alpha value is -1.17. The van der Waals surface area contributed by atoms with E-state index in [4.69, 9.17) is 9.16 Å². The number of rotatable bonds is 9. The van der Waals surface area contributed by atoms with Gasteiger partial charge in [-0.25, -0.2) is 4.79 Å². The number of benzene rings is 1. The minimum absolute atomic E-state index is 0.151. The van der Waals surface area contributed by atoms with Crippen molar-refractivity contribution in [2.24, 2.45) is 0 Å². The zero-order chi connectivity index (χ0) is 18.2. The van der Waals surface area contributed by atoms with E-state index in [9.17, 15) is 9.90 Å². The molecule has 0 bridgehead atoms. The number of esters is 1. The molecule has 4 nitrogen and oxygen atoms in total. The maximum atomic E-state index is 12.0. The summed E-state index contributed by atoms with van der Waals surface area (Å²) >= 11 is 0. The van der Waals surface area contributed by atoms with Crippen molar-refractivity contribution in [1.29, 1.82) is 0 Å². The third kappa shape index (κ3) is 6.75. The summed E-state index contributed by atoms with van der Waals surface area (Å²) in [7, 11) is -1.70. The van der Waals surface area contributed by atoms with E-state index in [-0.39, 0.29) is 17.6 Å². The van der Waals surface area contributed by atoms with Crippen LogP contribution in [0.25, 0.3) is 0 Å². The predicted octanol–water partition coefficient (Wildman–Crippen LogP) is 4.40. The van der Waals surface area contributed by atoms with E-state index in [0.29, 0.717) is 12.0 Å². The van der Waals surface area contributed by atoms with Crippen molar-refractivity contribution in [2.75, 3.05) is 13.2 Å². The first-order chi connectivity index (χ1) is 11.2. The van der Waals surface area contributed by atoms with E-state index in [1.807, 2.05) is 6.07 Å². The van der Waals surface area contributed by atoms with Crippen LogP contribution in [0.2, 0.25) is 18.1 Å². The lowest BCUT2D eigenvalue weighted by Crippen LogP contribution is -2.41. The topological polar surface area (TPSA) is 55.8 Å². The van der Waals surface area contributed by atoms with Crippen molar-refractivity contribution in [3.8, 4) is 0 Å². The maximum absolute atomic E-state index is 12.0. The summed E-state index contributed by atoms with van der Waals surface area (Å²) in [6, 6.07) is 8.86. The average Bonchev–Trinajstić information content (AvgIpc) is 2.52. The van der Waals surface area contributed by atoms with Gasteiger partial charge in [-0.2, -0.15) is 0 Å². The normalized spacial score (nSPS) is 13.6. The molecule has 0 radical (unpaired) electrons. The summed E-state index contributed by atoms with van der Waals surface area (Å²) in [4.78, 5) is 12.0. The van der Waals surface area contributed by atoms with Gasteiger partial charge in [-0.3, -0.25) is 0 Å². The molecule has 0 aliphatic carbocycles. The molecule has 1 rings (SSSR count). The highest BCUT2D eigenvalue weighted by Gasteiger charge is 2.36. The second kappa shape index (κ2) is 9.35. The monoisotopic (exact) mass is 352 g/mol. The van der Waals surface area contributed by atoms with Crippen LogP contribution in [0, 0.1) is 0 Å². The average molecular weight is 353 g/mol. The van der Waals surface area contributed by atoms with Gasteiger partial charge in [0.05, 0.1) is 12.2 Å². The number of hydrogen-bond donors (Lipinski definition) is 1. The van der Waals surface area contributed by atoms with Gasteiger partial charge in [0.15, 0.2) is 8.32 Å². The molecule has 0 aromatic heterocycles. The summed E-state index contributed by atoms with van der Waals surface area (Å²) in [6.07, 6.45) is 1.97. The molecule has 0 aliphatic heterocycles. The van der Waals surface area contributed by atoms with Gasteiger partial charge in [0, 0.05) is 6.61 Å². The van der Waals surface area contributed by atoms with Crippen LogP contribution in [0.4, 0.5) is 0 Å². The van der Waals surface area contributed by atoms with Gasteiger partial charge in [0.25, 0.3) is 0 Å². The summed E-state index contributed by atoms with van der Waals surface area (Å²) in [5.41, 5.74) is 0.511. The SMILES string of the molecule is CC(C)(C)[Si](C)(C)OCCCCC(CO)OC(=O)c1ccccc1. The zero-order valence-electron chi connectivity index (χ0n) is 15.7. The lowest BCUT2D eigenvalue weighted by atomic mass is 10.1. The molecule has 0 spiro atoms. The fourth-order valence-corrected chi connectivity index (χ4v) is 3.09. The molecule has 1 unspecified atom stereocenters. The van der Waals surface area contributed by atoms with Gasteiger partial charge in [-0.05, 0) is 49.5 Å². The fraction of sp³-hybridized carbons (Fsp3) is 0.632. The summed E-state index contributed by atoms with van der Waals surface area (Å²) in [5, 5.41) is 9.63. The Labute approximate surface area is 147 Å². The largest absolute Gasteiger partial charge is 0.456 e. The molecule has 0 saturated carbocycles. The molecule has 0 amide bonds. The fourth-order valence-electron chi connectivity index (χ4n) is 2.00. The van der Waals surface area contributed by atoms with Gasteiger partial charge in [0.2, 0.25) is 0 Å². The maximum Gasteiger partial charge on any atom is 0.338 e. The van der Waals surface area contributed by atoms with E-state index in [2.05, 4.69) is 33.9 Å². The van der Waals surface area contributed by atoms with Gasteiger partial charge < -0.3 is 14.3 Å². The molecule has 5 heteroatoms. The van der Waals surface area contributed by atoms with E-state index >= 15 is 0 Å². The van der Waals surface area contributed by atoms with E-state index in [1.54, 1.807) is 24.3 Å². The van der Waals surface area contributed by atoms with Crippen molar-refractivity contribution < 1.29 is 19.1 Å². The number of unbranched alkanes of at least 4 members (excludes halogenated alkanes) is 1. The second-order valence-corrected chi connectivity index (χ2v) is 12.5. The predicted molar refractivity (Wildman–Crippen MR) is 99.7 cm³/mol. The highest BCUT2D eigenvalue weighted by molar-refractivity contribution is 6.74. The van der Waals surface area contributed by atoms with Crippen LogP contribution in [0.3, 0.4) is 0 Å². The van der Waals surface area contributed by atoms with Crippen molar-refractivity contribution >= 4 is 14.3 Å². The number of hydrogen-bond acceptors (Lipinski definition) is 4. The minimum Gasteiger partial charge on any atom is -0.456 e. The number of aliphatic hydroxyl groups excluding tert-OH is 1. The van der Waals surface area contributed by atoms with Crippen LogP contribution in [-0.2, 0) is 9.16 Å². The summed E-state index contributed by atoms with van der Waals surface area (Å²) in [5.74, 6) is -0.382. The molecule has 0 saturated heterocycles. The van der Waals surface area contributed by atoms with E-state index in [0.717, 1.165) is 19.4 Å². The number of ether oxygens (including phenoxy) is 1. The highest BCUT2D eigenvalue weighted by Crippen LogP contribution is 2.36. The van der Waals surface area contributed by atoms with Crippen LogP contribution in [0.5, 0.6) is 0 Å². The highest BCUT2D eigenvalue weighted by atomic mass is 28.4. The Bertz CT molecular complexity index is 494. The minimum atomic E-state index is -1.70. The van der Waals surface area contributed by atoms with Crippen molar-refractivity contribution in [3.63, 3.8) is 0 Å². The molecule has 1 aromatic carbocycles. The van der Waals surface area contributed by atoms with Gasteiger partial charge in [0.1, 0.15) is 6.10 Å². The van der Waals surface area contributed by atoms with Crippen LogP contribution in [-0.4, -0.2) is 38.7 Å². The first-order valence-corrected chi connectivity index (χ1v) is 11.6. The Kier molecular flexibility index (Phi) is 8.13. The van der Waals surface area contributed by atoms with Crippen molar-refractivity contribution in [2.45, 2.75) is 64.3 Å². The van der Waals surface area contributed by atoms with Crippen molar-refractivity contribution in [1.82, 2.24) is 0 Å². The zero-order valence-corrected chi connectivity index (χ0v) is 16.7. The van der Waals surface area contributed by atoms with Crippen LogP contribution in [0.15, 0.2) is 30.3 Å². The van der Waals surface area contributed by atoms with Crippen LogP contribution < -0.4 is 0 Å². The van der Waals surface area contributed by atoms with Gasteiger partial charge in [-0.1, -0.05) is 39.0 Å². The molecule has 0 fully saturated rings. The van der Waals surface area contributed by atoms with Crippen LogP contribution >= 0.6 is 0 Å². The van der Waals surface area contributed by atoms with Crippen molar-refractivity contribution in [3.05, 3.63) is 35.9 Å². The summed E-state index contributed by atoms with van der Waals surface area (Å²) < 4.78 is 11.5. The van der Waals surface area contributed by atoms with Gasteiger partial charge >= 0.3 is 5.97 Å². The van der Waals surface area contributed by atoms with Gasteiger partial charge in [-0.15, -0.1) is 0 Å². The third-order valence-electron chi connectivity index (χ3n) is 4.68. The lowest BCUT2D eigenvalue weighted by molar-refractivity contribution is 0.0105. The molecule has 24 heavy (non-hydrogen) atoms. The number of carbonyl (C=O) groups excluding carboxylic acids is 1. The van der Waals surface area contributed by atoms with E-state index < -0.39 is 14.4 Å². The molecule has 1 aromatic rings. The first-order valence-electron chi connectivity index (χ1n) is 8.68. The molecule has 1 atom stereocenters.